The lowest BCUT2D eigenvalue weighted by Crippen LogP contribution is -2.47. The predicted molar refractivity (Wildman–Crippen MR) is 124 cm³/mol. The third-order valence-electron chi connectivity index (χ3n) is 5.98. The highest BCUT2D eigenvalue weighted by Crippen LogP contribution is 2.34. The van der Waals surface area contributed by atoms with Gasteiger partial charge in [-0.15, -0.1) is 24.0 Å². The number of ether oxygens (including phenoxy) is 2. The summed E-state index contributed by atoms with van der Waals surface area (Å²) in [5, 5.41) is 7.02. The molecule has 0 spiro atoms. The molecule has 0 aliphatic carbocycles. The van der Waals surface area contributed by atoms with Crippen LogP contribution >= 0.6 is 24.0 Å². The summed E-state index contributed by atoms with van der Waals surface area (Å²) in [6.45, 7) is 5.99. The summed E-state index contributed by atoms with van der Waals surface area (Å²) in [7, 11) is 1.72. The van der Waals surface area contributed by atoms with Crippen molar-refractivity contribution in [3.63, 3.8) is 0 Å². The number of methoxy groups -OCH3 is 1. The van der Waals surface area contributed by atoms with E-state index in [0.717, 1.165) is 44.3 Å². The number of hydrogen-bond acceptors (Lipinski definition) is 4. The van der Waals surface area contributed by atoms with E-state index in [1.165, 1.54) is 24.9 Å². The average Bonchev–Trinajstić information content (AvgIpc) is 3.43. The van der Waals surface area contributed by atoms with E-state index < -0.39 is 0 Å². The summed E-state index contributed by atoms with van der Waals surface area (Å²) >= 11 is 0. The number of anilines is 1. The van der Waals surface area contributed by atoms with Crippen LogP contribution in [0.15, 0.2) is 29.3 Å². The molecule has 3 heterocycles. The summed E-state index contributed by atoms with van der Waals surface area (Å²) in [6.07, 6.45) is 5.52. The van der Waals surface area contributed by atoms with E-state index in [2.05, 4.69) is 40.7 Å². The van der Waals surface area contributed by atoms with Crippen LogP contribution in [0.3, 0.4) is 0 Å². The first-order valence-electron chi connectivity index (χ1n) is 10.3. The van der Waals surface area contributed by atoms with Crippen LogP contribution < -0.4 is 20.3 Å². The molecular weight excluding hydrogens is 467 g/mol. The van der Waals surface area contributed by atoms with Gasteiger partial charge in [-0.3, -0.25) is 4.99 Å². The molecular formula is C21H33IN4O2. The maximum Gasteiger partial charge on any atom is 0.191 e. The number of fused-ring (bicyclic) bond motifs is 2. The second-order valence-electron chi connectivity index (χ2n) is 7.88. The fraction of sp³-hybridized carbons (Fsp3) is 0.667. The van der Waals surface area contributed by atoms with Gasteiger partial charge in [-0.25, -0.2) is 0 Å². The molecule has 6 nitrogen and oxygen atoms in total. The van der Waals surface area contributed by atoms with Crippen LogP contribution in [0, 0.1) is 5.92 Å². The van der Waals surface area contributed by atoms with Crippen molar-refractivity contribution in [2.24, 2.45) is 10.9 Å². The van der Waals surface area contributed by atoms with Crippen molar-refractivity contribution < 1.29 is 9.47 Å². The SMILES string of the molecule is CCNC(=NCC1CCN(c2cccc(OC)c2)C1)NC1CC2CCC1O2.I. The number of aliphatic imine (C=N–C) groups is 1. The third-order valence-corrected chi connectivity index (χ3v) is 5.98. The van der Waals surface area contributed by atoms with E-state index in [0.29, 0.717) is 24.2 Å². The molecule has 156 valence electrons. The minimum absolute atomic E-state index is 0. The van der Waals surface area contributed by atoms with E-state index >= 15 is 0 Å². The zero-order valence-electron chi connectivity index (χ0n) is 16.9. The van der Waals surface area contributed by atoms with Crippen molar-refractivity contribution >= 4 is 35.6 Å². The van der Waals surface area contributed by atoms with Crippen molar-refractivity contribution in [3.8, 4) is 5.75 Å². The molecule has 7 heteroatoms. The smallest absolute Gasteiger partial charge is 0.191 e. The number of nitrogens with one attached hydrogen (secondary N) is 2. The van der Waals surface area contributed by atoms with Crippen LogP contribution in [0.4, 0.5) is 5.69 Å². The Morgan fingerprint density at radius 1 is 1.32 bits per heavy atom. The van der Waals surface area contributed by atoms with Gasteiger partial charge in [0.2, 0.25) is 0 Å². The van der Waals surface area contributed by atoms with Gasteiger partial charge in [0, 0.05) is 37.9 Å². The molecule has 4 unspecified atom stereocenters. The Kier molecular flexibility index (Phi) is 7.68. The van der Waals surface area contributed by atoms with Gasteiger partial charge in [0.15, 0.2) is 5.96 Å². The normalized spacial score (nSPS) is 28.9. The quantitative estimate of drug-likeness (QED) is 0.358. The highest BCUT2D eigenvalue weighted by Gasteiger charge is 2.41. The third kappa shape index (κ3) is 5.03. The van der Waals surface area contributed by atoms with Crippen molar-refractivity contribution in [2.45, 2.75) is 50.9 Å². The summed E-state index contributed by atoms with van der Waals surface area (Å²) in [4.78, 5) is 7.33. The molecule has 4 atom stereocenters. The molecule has 0 amide bonds. The van der Waals surface area contributed by atoms with Crippen molar-refractivity contribution in [1.29, 1.82) is 0 Å². The van der Waals surface area contributed by atoms with Crippen molar-refractivity contribution in [1.82, 2.24) is 10.6 Å². The minimum atomic E-state index is 0. The molecule has 1 aromatic carbocycles. The maximum absolute atomic E-state index is 5.96. The molecule has 0 saturated carbocycles. The van der Waals surface area contributed by atoms with Crippen molar-refractivity contribution in [3.05, 3.63) is 24.3 Å². The van der Waals surface area contributed by atoms with Gasteiger partial charge in [0.25, 0.3) is 0 Å². The van der Waals surface area contributed by atoms with Gasteiger partial charge in [0.05, 0.1) is 25.4 Å². The zero-order valence-corrected chi connectivity index (χ0v) is 19.2. The molecule has 4 rings (SSSR count). The van der Waals surface area contributed by atoms with E-state index in [1.807, 2.05) is 6.07 Å². The Labute approximate surface area is 185 Å². The van der Waals surface area contributed by atoms with Crippen LogP contribution in [0.5, 0.6) is 5.75 Å². The van der Waals surface area contributed by atoms with Gasteiger partial charge in [0.1, 0.15) is 5.75 Å². The standard InChI is InChI=1S/C21H32N4O2.HI/c1-3-22-21(24-19-12-18-7-8-20(19)27-18)23-13-15-9-10-25(14-15)16-5-4-6-17(11-16)26-2;/h4-6,11,15,18-20H,3,7-10,12-14H2,1-2H3,(H2,22,23,24);1H. The molecule has 0 radical (unpaired) electrons. The van der Waals surface area contributed by atoms with Crippen LogP contribution in [0.1, 0.15) is 32.6 Å². The fourth-order valence-corrected chi connectivity index (χ4v) is 4.53. The number of benzene rings is 1. The minimum Gasteiger partial charge on any atom is -0.497 e. The monoisotopic (exact) mass is 500 g/mol. The van der Waals surface area contributed by atoms with Gasteiger partial charge >= 0.3 is 0 Å². The molecule has 0 aromatic heterocycles. The number of nitrogens with zero attached hydrogens (tertiary/aromatic N) is 2. The lowest BCUT2D eigenvalue weighted by molar-refractivity contribution is 0.0992. The molecule has 3 fully saturated rings. The molecule has 2 N–H and O–H groups in total. The summed E-state index contributed by atoms with van der Waals surface area (Å²) < 4.78 is 11.3. The first-order chi connectivity index (χ1) is 13.2. The molecule has 3 saturated heterocycles. The van der Waals surface area contributed by atoms with E-state index in [1.54, 1.807) is 7.11 Å². The van der Waals surface area contributed by atoms with Crippen LogP contribution in [0.2, 0.25) is 0 Å². The molecule has 3 aliphatic heterocycles. The Bertz CT molecular complexity index is 672. The first kappa shape index (κ1) is 21.5. The van der Waals surface area contributed by atoms with E-state index in [-0.39, 0.29) is 24.0 Å². The lowest BCUT2D eigenvalue weighted by Gasteiger charge is -2.23. The van der Waals surface area contributed by atoms with E-state index in [4.69, 9.17) is 14.5 Å². The van der Waals surface area contributed by atoms with Crippen molar-refractivity contribution in [2.75, 3.05) is 38.2 Å². The van der Waals surface area contributed by atoms with Crippen LogP contribution in [-0.4, -0.2) is 57.5 Å². The van der Waals surface area contributed by atoms with Gasteiger partial charge in [-0.2, -0.15) is 0 Å². The molecule has 1 aromatic rings. The van der Waals surface area contributed by atoms with E-state index in [9.17, 15) is 0 Å². The number of halogens is 1. The molecule has 2 bridgehead atoms. The lowest BCUT2D eigenvalue weighted by atomic mass is 9.96. The van der Waals surface area contributed by atoms with Crippen LogP contribution in [-0.2, 0) is 4.74 Å². The first-order valence-corrected chi connectivity index (χ1v) is 10.3. The zero-order chi connectivity index (χ0) is 18.6. The predicted octanol–water partition coefficient (Wildman–Crippen LogP) is 3.01. The average molecular weight is 500 g/mol. The van der Waals surface area contributed by atoms with Gasteiger partial charge < -0.3 is 25.0 Å². The Morgan fingerprint density at radius 2 is 2.21 bits per heavy atom. The maximum atomic E-state index is 5.96. The number of rotatable bonds is 6. The molecule has 28 heavy (non-hydrogen) atoms. The summed E-state index contributed by atoms with van der Waals surface area (Å²) in [5.74, 6) is 2.45. The van der Waals surface area contributed by atoms with Crippen LogP contribution in [0.25, 0.3) is 0 Å². The van der Waals surface area contributed by atoms with Gasteiger partial charge in [-0.05, 0) is 50.7 Å². The highest BCUT2D eigenvalue weighted by molar-refractivity contribution is 14.0. The Morgan fingerprint density at radius 3 is 2.93 bits per heavy atom. The number of guanidine groups is 1. The summed E-state index contributed by atoms with van der Waals surface area (Å²) in [6, 6.07) is 8.75. The summed E-state index contributed by atoms with van der Waals surface area (Å²) in [5.41, 5.74) is 1.24. The largest absolute Gasteiger partial charge is 0.497 e. The second kappa shape index (κ2) is 10.0. The fourth-order valence-electron chi connectivity index (χ4n) is 4.53. The Balaban J connectivity index is 0.00000225. The number of hydrogen-bond donors (Lipinski definition) is 2. The van der Waals surface area contributed by atoms with Gasteiger partial charge in [-0.1, -0.05) is 6.07 Å². The second-order valence-corrected chi connectivity index (χ2v) is 7.88. The Hall–Kier alpha value is -1.22. The highest BCUT2D eigenvalue weighted by atomic mass is 127. The topological polar surface area (TPSA) is 58.1 Å². The molecule has 3 aliphatic rings.